The second-order valence-corrected chi connectivity index (χ2v) is 10.1. The van der Waals surface area contributed by atoms with Crippen LogP contribution in [0.15, 0.2) is 18.6 Å². The van der Waals surface area contributed by atoms with Gasteiger partial charge in [0, 0.05) is 12.7 Å². The molecule has 0 atom stereocenters. The van der Waals surface area contributed by atoms with E-state index in [9.17, 15) is 0 Å². The Labute approximate surface area is 183 Å². The van der Waals surface area contributed by atoms with Crippen LogP contribution in [-0.2, 0) is 6.54 Å². The van der Waals surface area contributed by atoms with Crippen molar-refractivity contribution in [3.05, 3.63) is 23.7 Å². The van der Waals surface area contributed by atoms with Crippen molar-refractivity contribution in [1.29, 1.82) is 0 Å². The van der Waals surface area contributed by atoms with Crippen LogP contribution in [-0.4, -0.2) is 14.5 Å². The number of nitrogens with zero attached hydrogens (tertiary/aromatic N) is 3. The maximum Gasteiger partial charge on any atom is 0.144 e. The summed E-state index contributed by atoms with van der Waals surface area (Å²) in [7, 11) is 0. The summed E-state index contributed by atoms with van der Waals surface area (Å²) in [6, 6.07) is 2.02. The highest BCUT2D eigenvalue weighted by atomic mass is 35.5. The first kappa shape index (κ1) is 24.2. The topological polar surface area (TPSA) is 30.7 Å². The minimum Gasteiger partial charge on any atom is -0.332 e. The third-order valence-electron chi connectivity index (χ3n) is 7.24. The van der Waals surface area contributed by atoms with E-state index in [2.05, 4.69) is 62.3 Å². The molecule has 0 aliphatic carbocycles. The molecule has 0 aliphatic rings. The summed E-state index contributed by atoms with van der Waals surface area (Å²) in [5, 5.41) is 1.50. The molecule has 0 amide bonds. The lowest BCUT2D eigenvalue weighted by Crippen LogP contribution is -2.38. The van der Waals surface area contributed by atoms with E-state index in [1.807, 2.05) is 6.07 Å². The van der Waals surface area contributed by atoms with Crippen LogP contribution in [0.5, 0.6) is 0 Å². The summed E-state index contributed by atoms with van der Waals surface area (Å²) in [6.45, 7) is 15.6. The molecule has 2 heterocycles. The minimum absolute atomic E-state index is 0.492. The fourth-order valence-electron chi connectivity index (χ4n) is 5.62. The average Bonchev–Trinajstić information content (AvgIpc) is 3.07. The number of hydrogen-bond donors (Lipinski definition) is 0. The van der Waals surface area contributed by atoms with Crippen LogP contribution in [0.2, 0.25) is 5.15 Å². The third-order valence-corrected chi connectivity index (χ3v) is 7.54. The van der Waals surface area contributed by atoms with Crippen molar-refractivity contribution in [3.8, 4) is 0 Å². The minimum atomic E-state index is 0.492. The van der Waals surface area contributed by atoms with Gasteiger partial charge in [-0.1, -0.05) is 91.7 Å². The van der Waals surface area contributed by atoms with Crippen molar-refractivity contribution >= 4 is 22.6 Å². The number of rotatable bonds is 13. The highest BCUT2D eigenvalue weighted by molar-refractivity contribution is 6.33. The smallest absolute Gasteiger partial charge is 0.144 e. The summed E-state index contributed by atoms with van der Waals surface area (Å²) < 4.78 is 2.20. The molecule has 0 saturated carbocycles. The van der Waals surface area contributed by atoms with Crippen LogP contribution < -0.4 is 0 Å². The fraction of sp³-hybridized carbons (Fsp3) is 0.760. The Morgan fingerprint density at radius 3 is 1.97 bits per heavy atom. The van der Waals surface area contributed by atoms with Gasteiger partial charge in [0.1, 0.15) is 17.1 Å². The standard InChI is InChI=1S/C25H42ClN3/c1-19(2)25(20(3)4,21(5)6)15-12-10-8-7-9-11-13-16-29-17-14-22-23(26)27-18-28-24(22)29/h14,17-21H,7-13,15-16H2,1-6H3. The first-order chi connectivity index (χ1) is 13.8. The van der Waals surface area contributed by atoms with Gasteiger partial charge in [0.25, 0.3) is 0 Å². The Bertz CT molecular complexity index is 711. The highest BCUT2D eigenvalue weighted by Gasteiger charge is 2.39. The highest BCUT2D eigenvalue weighted by Crippen LogP contribution is 2.47. The van der Waals surface area contributed by atoms with Crippen LogP contribution in [0.3, 0.4) is 0 Å². The van der Waals surface area contributed by atoms with Crippen LogP contribution in [0.25, 0.3) is 11.0 Å². The molecule has 0 bridgehead atoms. The van der Waals surface area contributed by atoms with Gasteiger partial charge in [-0.3, -0.25) is 0 Å². The molecule has 0 aliphatic heterocycles. The third kappa shape index (κ3) is 5.96. The predicted octanol–water partition coefficient (Wildman–Crippen LogP) is 8.16. The zero-order valence-corrected chi connectivity index (χ0v) is 20.3. The van der Waals surface area contributed by atoms with Gasteiger partial charge in [-0.05, 0) is 42.1 Å². The first-order valence-corrected chi connectivity index (χ1v) is 12.1. The Hall–Kier alpha value is -1.09. The van der Waals surface area contributed by atoms with Crippen LogP contribution in [0, 0.1) is 23.2 Å². The molecular weight excluding hydrogens is 378 g/mol. The van der Waals surface area contributed by atoms with Crippen molar-refractivity contribution in [2.75, 3.05) is 0 Å². The van der Waals surface area contributed by atoms with E-state index < -0.39 is 0 Å². The normalized spacial score (nSPS) is 12.8. The SMILES string of the molecule is CC(C)C(CCCCCCCCCn1ccc2c(Cl)ncnc21)(C(C)C)C(C)C. The zero-order chi connectivity index (χ0) is 21.4. The molecule has 0 fully saturated rings. The molecule has 2 aromatic heterocycles. The second-order valence-electron chi connectivity index (χ2n) is 9.71. The molecule has 0 radical (unpaired) electrons. The molecule has 3 nitrogen and oxygen atoms in total. The van der Waals surface area contributed by atoms with E-state index in [1.165, 1.54) is 51.4 Å². The van der Waals surface area contributed by atoms with Crippen molar-refractivity contribution in [1.82, 2.24) is 14.5 Å². The molecule has 2 rings (SSSR count). The summed E-state index contributed by atoms with van der Waals surface area (Å²) >= 11 is 6.13. The Morgan fingerprint density at radius 2 is 1.38 bits per heavy atom. The van der Waals surface area contributed by atoms with Gasteiger partial charge < -0.3 is 4.57 Å². The number of halogens is 1. The van der Waals surface area contributed by atoms with Gasteiger partial charge in [-0.15, -0.1) is 0 Å². The summed E-state index contributed by atoms with van der Waals surface area (Å²) in [5.41, 5.74) is 1.44. The number of fused-ring (bicyclic) bond motifs is 1. The molecule has 0 aromatic carbocycles. The van der Waals surface area contributed by atoms with Gasteiger partial charge in [-0.25, -0.2) is 9.97 Å². The Balaban J connectivity index is 1.63. The summed E-state index contributed by atoms with van der Waals surface area (Å²) in [4.78, 5) is 8.43. The fourth-order valence-corrected chi connectivity index (χ4v) is 5.81. The van der Waals surface area contributed by atoms with Crippen molar-refractivity contribution in [3.63, 3.8) is 0 Å². The lowest BCUT2D eigenvalue weighted by molar-refractivity contribution is 0.0356. The molecule has 0 unspecified atom stereocenters. The predicted molar refractivity (Wildman–Crippen MR) is 126 cm³/mol. The van der Waals surface area contributed by atoms with Crippen LogP contribution in [0.1, 0.15) is 92.9 Å². The van der Waals surface area contributed by atoms with Gasteiger partial charge in [0.2, 0.25) is 0 Å². The van der Waals surface area contributed by atoms with Crippen LogP contribution in [0.4, 0.5) is 0 Å². The van der Waals surface area contributed by atoms with Crippen molar-refractivity contribution in [2.45, 2.75) is 99.5 Å². The van der Waals surface area contributed by atoms with E-state index in [0.717, 1.165) is 35.3 Å². The molecule has 29 heavy (non-hydrogen) atoms. The van der Waals surface area contributed by atoms with Crippen molar-refractivity contribution in [2.24, 2.45) is 23.2 Å². The molecule has 0 spiro atoms. The van der Waals surface area contributed by atoms with E-state index in [4.69, 9.17) is 11.6 Å². The van der Waals surface area contributed by atoms with Gasteiger partial charge >= 0.3 is 0 Å². The van der Waals surface area contributed by atoms with Crippen molar-refractivity contribution < 1.29 is 0 Å². The molecule has 2 aromatic rings. The number of hydrogen-bond acceptors (Lipinski definition) is 2. The lowest BCUT2D eigenvalue weighted by Gasteiger charge is -2.45. The number of aromatic nitrogens is 3. The number of unbranched alkanes of at least 4 members (excludes halogenated alkanes) is 6. The van der Waals surface area contributed by atoms with E-state index in [0.29, 0.717) is 10.6 Å². The molecular formula is C25H42ClN3. The lowest BCUT2D eigenvalue weighted by atomic mass is 9.60. The molecule has 0 saturated heterocycles. The first-order valence-electron chi connectivity index (χ1n) is 11.8. The van der Waals surface area contributed by atoms with E-state index >= 15 is 0 Å². The van der Waals surface area contributed by atoms with Crippen LogP contribution >= 0.6 is 11.6 Å². The quantitative estimate of drug-likeness (QED) is 0.242. The van der Waals surface area contributed by atoms with E-state index in [-0.39, 0.29) is 0 Å². The number of aryl methyl sites for hydroxylation is 1. The summed E-state index contributed by atoms with van der Waals surface area (Å²) in [6.07, 6.45) is 14.3. The van der Waals surface area contributed by atoms with Gasteiger partial charge in [0.05, 0.1) is 5.39 Å². The maximum atomic E-state index is 6.13. The second kappa shape index (κ2) is 11.3. The zero-order valence-electron chi connectivity index (χ0n) is 19.5. The largest absolute Gasteiger partial charge is 0.332 e. The molecule has 4 heteroatoms. The summed E-state index contributed by atoms with van der Waals surface area (Å²) in [5.74, 6) is 2.27. The average molecular weight is 420 g/mol. The monoisotopic (exact) mass is 419 g/mol. The molecule has 0 N–H and O–H groups in total. The van der Waals surface area contributed by atoms with E-state index in [1.54, 1.807) is 6.33 Å². The van der Waals surface area contributed by atoms with Gasteiger partial charge in [0.15, 0.2) is 0 Å². The Kier molecular flexibility index (Phi) is 9.46. The van der Waals surface area contributed by atoms with Gasteiger partial charge in [-0.2, -0.15) is 0 Å². The maximum absolute atomic E-state index is 6.13. The molecule has 164 valence electrons. The Morgan fingerprint density at radius 1 is 0.828 bits per heavy atom.